The molecule has 0 saturated heterocycles. The van der Waals surface area contributed by atoms with Crippen molar-refractivity contribution in [1.82, 2.24) is 9.97 Å². The summed E-state index contributed by atoms with van der Waals surface area (Å²) < 4.78 is 0. The Morgan fingerprint density at radius 3 is 2.53 bits per heavy atom. The van der Waals surface area contributed by atoms with Gasteiger partial charge in [-0.3, -0.25) is 5.41 Å². The molecule has 0 fully saturated rings. The van der Waals surface area contributed by atoms with E-state index >= 15 is 0 Å². The third-order valence-corrected chi connectivity index (χ3v) is 2.08. The molecular weight excluding hydrogens is 190 g/mol. The van der Waals surface area contributed by atoms with Crippen molar-refractivity contribution in [3.05, 3.63) is 18.0 Å². The lowest BCUT2D eigenvalue weighted by Crippen LogP contribution is -2.29. The van der Waals surface area contributed by atoms with Crippen LogP contribution in [0.1, 0.15) is 18.9 Å². The molecule has 5 nitrogen and oxygen atoms in total. The van der Waals surface area contributed by atoms with Gasteiger partial charge in [0.15, 0.2) is 0 Å². The summed E-state index contributed by atoms with van der Waals surface area (Å²) in [5, 5.41) is 7.17. The topological polar surface area (TPSA) is 78.9 Å². The Hall–Kier alpha value is -1.65. The molecule has 0 aliphatic rings. The van der Waals surface area contributed by atoms with Crippen molar-refractivity contribution in [3.8, 4) is 0 Å². The van der Waals surface area contributed by atoms with Crippen LogP contribution in [0.15, 0.2) is 12.4 Å². The lowest BCUT2D eigenvalue weighted by atomic mass is 10.3. The van der Waals surface area contributed by atoms with Crippen molar-refractivity contribution < 1.29 is 0 Å². The van der Waals surface area contributed by atoms with Gasteiger partial charge in [-0.15, -0.1) is 0 Å². The highest BCUT2D eigenvalue weighted by Crippen LogP contribution is 2.06. The van der Waals surface area contributed by atoms with Gasteiger partial charge >= 0.3 is 0 Å². The number of hydrogen-bond acceptors (Lipinski definition) is 4. The van der Waals surface area contributed by atoms with Crippen molar-refractivity contribution in [3.63, 3.8) is 0 Å². The van der Waals surface area contributed by atoms with Crippen LogP contribution in [0.5, 0.6) is 0 Å². The molecular formula is C10H17N5. The Morgan fingerprint density at radius 1 is 1.47 bits per heavy atom. The molecule has 3 N–H and O–H groups in total. The summed E-state index contributed by atoms with van der Waals surface area (Å²) in [5.74, 6) is 0.893. The summed E-state index contributed by atoms with van der Waals surface area (Å²) >= 11 is 0. The predicted molar refractivity (Wildman–Crippen MR) is 61.2 cm³/mol. The number of aryl methyl sites for hydroxylation is 1. The van der Waals surface area contributed by atoms with Gasteiger partial charge in [-0.05, 0) is 19.4 Å². The van der Waals surface area contributed by atoms with Crippen LogP contribution in [0.3, 0.4) is 0 Å². The van der Waals surface area contributed by atoms with Crippen molar-refractivity contribution in [2.75, 3.05) is 18.0 Å². The van der Waals surface area contributed by atoms with Crippen molar-refractivity contribution in [2.24, 2.45) is 5.73 Å². The molecule has 0 saturated carbocycles. The van der Waals surface area contributed by atoms with Gasteiger partial charge in [0.1, 0.15) is 0 Å². The second kappa shape index (κ2) is 5.29. The fourth-order valence-corrected chi connectivity index (χ4v) is 1.20. The number of aromatic nitrogens is 2. The average Bonchev–Trinajstić information content (AvgIpc) is 2.21. The second-order valence-corrected chi connectivity index (χ2v) is 3.42. The van der Waals surface area contributed by atoms with E-state index in [9.17, 15) is 0 Å². The van der Waals surface area contributed by atoms with Crippen LogP contribution >= 0.6 is 0 Å². The lowest BCUT2D eigenvalue weighted by Gasteiger charge is -2.19. The Balaban J connectivity index is 2.65. The summed E-state index contributed by atoms with van der Waals surface area (Å²) in [6.07, 6.45) is 4.13. The second-order valence-electron chi connectivity index (χ2n) is 3.42. The van der Waals surface area contributed by atoms with E-state index in [1.54, 1.807) is 12.4 Å². The highest BCUT2D eigenvalue weighted by atomic mass is 15.2. The maximum absolute atomic E-state index is 7.17. The van der Waals surface area contributed by atoms with E-state index in [2.05, 4.69) is 9.97 Å². The molecule has 5 heteroatoms. The number of hydrogen-bond donors (Lipinski definition) is 2. The molecule has 15 heavy (non-hydrogen) atoms. The molecule has 0 amide bonds. The smallest absolute Gasteiger partial charge is 0.225 e. The monoisotopic (exact) mass is 207 g/mol. The SMILES string of the molecule is CCN(CCC(=N)N)c1ncc(C)cn1. The third-order valence-electron chi connectivity index (χ3n) is 2.08. The van der Waals surface area contributed by atoms with Crippen LogP contribution in [0, 0.1) is 12.3 Å². The first-order valence-electron chi connectivity index (χ1n) is 5.00. The summed E-state index contributed by atoms with van der Waals surface area (Å²) in [5.41, 5.74) is 6.36. The van der Waals surface area contributed by atoms with Crippen LogP contribution < -0.4 is 10.6 Å². The van der Waals surface area contributed by atoms with Crippen LogP contribution in [0.4, 0.5) is 5.95 Å². The van der Waals surface area contributed by atoms with E-state index in [1.807, 2.05) is 18.7 Å². The highest BCUT2D eigenvalue weighted by molar-refractivity contribution is 5.77. The first-order valence-corrected chi connectivity index (χ1v) is 5.00. The quantitative estimate of drug-likeness (QED) is 0.556. The maximum Gasteiger partial charge on any atom is 0.225 e. The molecule has 0 unspecified atom stereocenters. The van der Waals surface area contributed by atoms with E-state index < -0.39 is 0 Å². The van der Waals surface area contributed by atoms with Gasteiger partial charge in [0.25, 0.3) is 0 Å². The molecule has 0 aliphatic carbocycles. The fourth-order valence-electron chi connectivity index (χ4n) is 1.20. The number of rotatable bonds is 5. The number of amidine groups is 1. The molecule has 0 aliphatic heterocycles. The number of nitrogens with two attached hydrogens (primary N) is 1. The minimum Gasteiger partial charge on any atom is -0.388 e. The number of nitrogens with one attached hydrogen (secondary N) is 1. The third kappa shape index (κ3) is 3.53. The molecule has 0 bridgehead atoms. The zero-order valence-electron chi connectivity index (χ0n) is 9.20. The Bertz CT molecular complexity index is 319. The number of nitrogens with zero attached hydrogens (tertiary/aromatic N) is 3. The molecule has 0 radical (unpaired) electrons. The Morgan fingerprint density at radius 2 is 2.07 bits per heavy atom. The highest BCUT2D eigenvalue weighted by Gasteiger charge is 2.06. The molecule has 1 aromatic rings. The summed E-state index contributed by atoms with van der Waals surface area (Å²) in [4.78, 5) is 10.5. The summed E-state index contributed by atoms with van der Waals surface area (Å²) in [6, 6.07) is 0. The zero-order chi connectivity index (χ0) is 11.3. The van der Waals surface area contributed by atoms with Crippen LogP contribution in [-0.4, -0.2) is 28.9 Å². The van der Waals surface area contributed by atoms with Crippen molar-refractivity contribution >= 4 is 11.8 Å². The van der Waals surface area contributed by atoms with Gasteiger partial charge < -0.3 is 10.6 Å². The molecule has 1 rings (SSSR count). The van der Waals surface area contributed by atoms with Crippen molar-refractivity contribution in [2.45, 2.75) is 20.3 Å². The first-order chi connectivity index (χ1) is 7.13. The van der Waals surface area contributed by atoms with Gasteiger partial charge in [0.05, 0.1) is 5.84 Å². The Kier molecular flexibility index (Phi) is 4.03. The summed E-state index contributed by atoms with van der Waals surface area (Å²) in [6.45, 7) is 5.49. The molecule has 82 valence electrons. The standard InChI is InChI=1S/C10H17N5/c1-3-15(5-4-9(11)12)10-13-6-8(2)7-14-10/h6-7H,3-5H2,1-2H3,(H3,11,12). The minimum absolute atomic E-state index is 0.195. The predicted octanol–water partition coefficient (Wildman–Crippen LogP) is 0.937. The largest absolute Gasteiger partial charge is 0.388 e. The normalized spacial score (nSPS) is 10.0. The van der Waals surface area contributed by atoms with E-state index in [0.717, 1.165) is 12.1 Å². The maximum atomic E-state index is 7.17. The van der Waals surface area contributed by atoms with Gasteiger partial charge in [-0.2, -0.15) is 0 Å². The van der Waals surface area contributed by atoms with E-state index in [-0.39, 0.29) is 5.84 Å². The van der Waals surface area contributed by atoms with Crippen LogP contribution in [0.2, 0.25) is 0 Å². The fraction of sp³-hybridized carbons (Fsp3) is 0.500. The van der Waals surface area contributed by atoms with Gasteiger partial charge in [0.2, 0.25) is 5.95 Å². The van der Waals surface area contributed by atoms with E-state index in [4.69, 9.17) is 11.1 Å². The van der Waals surface area contributed by atoms with Gasteiger partial charge in [-0.1, -0.05) is 0 Å². The van der Waals surface area contributed by atoms with E-state index in [0.29, 0.717) is 18.9 Å². The van der Waals surface area contributed by atoms with E-state index in [1.165, 1.54) is 0 Å². The van der Waals surface area contributed by atoms with Gasteiger partial charge in [0, 0.05) is 31.9 Å². The average molecular weight is 207 g/mol. The first kappa shape index (κ1) is 11.4. The lowest BCUT2D eigenvalue weighted by molar-refractivity contribution is 0.792. The minimum atomic E-state index is 0.195. The molecule has 0 spiro atoms. The Labute approximate surface area is 89.8 Å². The van der Waals surface area contributed by atoms with Crippen molar-refractivity contribution in [1.29, 1.82) is 5.41 Å². The molecule has 1 heterocycles. The molecule has 0 atom stereocenters. The zero-order valence-corrected chi connectivity index (χ0v) is 9.20. The molecule has 1 aromatic heterocycles. The molecule has 0 aromatic carbocycles. The number of anilines is 1. The van der Waals surface area contributed by atoms with Gasteiger partial charge in [-0.25, -0.2) is 9.97 Å². The van der Waals surface area contributed by atoms with Crippen LogP contribution in [-0.2, 0) is 0 Å². The summed E-state index contributed by atoms with van der Waals surface area (Å²) in [7, 11) is 0. The van der Waals surface area contributed by atoms with Crippen LogP contribution in [0.25, 0.3) is 0 Å².